The number of ether oxygens (including phenoxy) is 1. The lowest BCUT2D eigenvalue weighted by atomic mass is 10.0. The molecular formula is C19H17N3O. The molecule has 1 heterocycles. The predicted octanol–water partition coefficient (Wildman–Crippen LogP) is 4.29. The van der Waals surface area contributed by atoms with E-state index in [1.165, 1.54) is 0 Å². The first kappa shape index (κ1) is 14.9. The van der Waals surface area contributed by atoms with Gasteiger partial charge in [0.25, 0.3) is 0 Å². The Balaban J connectivity index is 1.96. The van der Waals surface area contributed by atoms with E-state index >= 15 is 0 Å². The number of fused-ring (bicyclic) bond motifs is 1. The Kier molecular flexibility index (Phi) is 4.11. The fourth-order valence-corrected chi connectivity index (χ4v) is 2.61. The molecule has 4 nitrogen and oxygen atoms in total. The molecule has 4 heteroatoms. The highest BCUT2D eigenvalue weighted by atomic mass is 16.5. The van der Waals surface area contributed by atoms with Crippen LogP contribution in [-0.4, -0.2) is 12.1 Å². The molecule has 3 rings (SSSR count). The van der Waals surface area contributed by atoms with Crippen LogP contribution in [-0.2, 0) is 0 Å². The van der Waals surface area contributed by atoms with E-state index in [4.69, 9.17) is 4.74 Å². The Morgan fingerprint density at radius 2 is 1.91 bits per heavy atom. The monoisotopic (exact) mass is 303 g/mol. The molecule has 0 amide bonds. The molecule has 1 N–H and O–H groups in total. The van der Waals surface area contributed by atoms with Crippen LogP contribution in [0.5, 0.6) is 5.75 Å². The summed E-state index contributed by atoms with van der Waals surface area (Å²) in [7, 11) is 1.65. The van der Waals surface area contributed by atoms with Gasteiger partial charge in [-0.25, -0.2) is 4.98 Å². The van der Waals surface area contributed by atoms with Gasteiger partial charge in [-0.15, -0.1) is 0 Å². The van der Waals surface area contributed by atoms with Gasteiger partial charge in [-0.2, -0.15) is 5.26 Å². The second kappa shape index (κ2) is 6.37. The van der Waals surface area contributed by atoms with Gasteiger partial charge in [-0.1, -0.05) is 24.3 Å². The number of aromatic nitrogens is 1. The van der Waals surface area contributed by atoms with Crippen molar-refractivity contribution in [2.45, 2.75) is 13.0 Å². The van der Waals surface area contributed by atoms with Crippen LogP contribution in [0.15, 0.2) is 54.7 Å². The molecule has 2 aromatic carbocycles. The number of rotatable bonds is 4. The van der Waals surface area contributed by atoms with Crippen molar-refractivity contribution in [2.75, 3.05) is 12.4 Å². The standard InChI is InChI=1S/C19H17N3O/c1-13(14-6-8-17(23-2)9-7-14)22-19-18-15(10-11-21-19)4-3-5-16(18)12-20/h3-11,13H,1-2H3,(H,21,22). The summed E-state index contributed by atoms with van der Waals surface area (Å²) < 4.78 is 5.19. The van der Waals surface area contributed by atoms with Crippen LogP contribution in [0.25, 0.3) is 10.8 Å². The Bertz CT molecular complexity index is 861. The quantitative estimate of drug-likeness (QED) is 0.781. The number of nitriles is 1. The smallest absolute Gasteiger partial charge is 0.135 e. The molecule has 1 aromatic heterocycles. The maximum Gasteiger partial charge on any atom is 0.135 e. The van der Waals surface area contributed by atoms with E-state index < -0.39 is 0 Å². The number of nitrogens with one attached hydrogen (secondary N) is 1. The first-order chi connectivity index (χ1) is 11.2. The van der Waals surface area contributed by atoms with Gasteiger partial charge in [0.15, 0.2) is 0 Å². The van der Waals surface area contributed by atoms with E-state index in [-0.39, 0.29) is 6.04 Å². The molecule has 0 aliphatic carbocycles. The Hall–Kier alpha value is -3.06. The first-order valence-electron chi connectivity index (χ1n) is 7.41. The van der Waals surface area contributed by atoms with Gasteiger partial charge >= 0.3 is 0 Å². The molecular weight excluding hydrogens is 286 g/mol. The highest BCUT2D eigenvalue weighted by molar-refractivity contribution is 5.96. The van der Waals surface area contributed by atoms with Crippen LogP contribution >= 0.6 is 0 Å². The van der Waals surface area contributed by atoms with Crippen LogP contribution in [0.4, 0.5) is 5.82 Å². The molecule has 1 unspecified atom stereocenters. The molecule has 0 saturated heterocycles. The summed E-state index contributed by atoms with van der Waals surface area (Å²) in [6.45, 7) is 2.07. The minimum Gasteiger partial charge on any atom is -0.497 e. The maximum atomic E-state index is 9.35. The molecule has 23 heavy (non-hydrogen) atoms. The zero-order valence-corrected chi connectivity index (χ0v) is 13.1. The molecule has 0 bridgehead atoms. The third-order valence-electron chi connectivity index (χ3n) is 3.88. The minimum atomic E-state index is 0.0609. The largest absolute Gasteiger partial charge is 0.497 e. The van der Waals surface area contributed by atoms with Gasteiger partial charge in [0, 0.05) is 17.6 Å². The van der Waals surface area contributed by atoms with Crippen molar-refractivity contribution in [2.24, 2.45) is 0 Å². The number of methoxy groups -OCH3 is 1. The molecule has 0 spiro atoms. The van der Waals surface area contributed by atoms with Crippen LogP contribution in [0.2, 0.25) is 0 Å². The fourth-order valence-electron chi connectivity index (χ4n) is 2.61. The van der Waals surface area contributed by atoms with Crippen molar-refractivity contribution < 1.29 is 4.74 Å². The molecule has 0 aliphatic heterocycles. The molecule has 114 valence electrons. The number of anilines is 1. The normalized spacial score (nSPS) is 11.7. The van der Waals surface area contributed by atoms with Gasteiger partial charge in [-0.05, 0) is 42.1 Å². The van der Waals surface area contributed by atoms with Crippen molar-refractivity contribution in [1.82, 2.24) is 4.98 Å². The molecule has 1 atom stereocenters. The minimum absolute atomic E-state index is 0.0609. The number of nitrogens with zero attached hydrogens (tertiary/aromatic N) is 2. The van der Waals surface area contributed by atoms with E-state index in [0.29, 0.717) is 5.56 Å². The molecule has 3 aromatic rings. The average molecular weight is 303 g/mol. The summed E-state index contributed by atoms with van der Waals surface area (Å²) in [5, 5.41) is 14.6. The van der Waals surface area contributed by atoms with Crippen LogP contribution in [0, 0.1) is 11.3 Å². The van der Waals surface area contributed by atoms with Crippen molar-refractivity contribution in [3.8, 4) is 11.8 Å². The van der Waals surface area contributed by atoms with Crippen LogP contribution < -0.4 is 10.1 Å². The van der Waals surface area contributed by atoms with Crippen molar-refractivity contribution >= 4 is 16.6 Å². The van der Waals surface area contributed by atoms with Gasteiger partial charge < -0.3 is 10.1 Å². The Morgan fingerprint density at radius 3 is 2.61 bits per heavy atom. The molecule has 0 fully saturated rings. The van der Waals surface area contributed by atoms with Gasteiger partial charge in [0.05, 0.1) is 18.7 Å². The third kappa shape index (κ3) is 2.95. The summed E-state index contributed by atoms with van der Waals surface area (Å²) in [6, 6.07) is 17.8. The fraction of sp³-hybridized carbons (Fsp3) is 0.158. The van der Waals surface area contributed by atoms with Crippen LogP contribution in [0.3, 0.4) is 0 Å². The average Bonchev–Trinajstić information content (AvgIpc) is 2.61. The number of hydrogen-bond donors (Lipinski definition) is 1. The lowest BCUT2D eigenvalue weighted by Crippen LogP contribution is -2.08. The lowest BCUT2D eigenvalue weighted by Gasteiger charge is -2.17. The second-order valence-corrected chi connectivity index (χ2v) is 5.31. The van der Waals surface area contributed by atoms with Gasteiger partial charge in [0.1, 0.15) is 11.6 Å². The predicted molar refractivity (Wildman–Crippen MR) is 91.5 cm³/mol. The van der Waals surface area contributed by atoms with Crippen molar-refractivity contribution in [3.63, 3.8) is 0 Å². The van der Waals surface area contributed by atoms with E-state index in [2.05, 4.69) is 23.3 Å². The summed E-state index contributed by atoms with van der Waals surface area (Å²) in [4.78, 5) is 4.43. The number of hydrogen-bond acceptors (Lipinski definition) is 4. The molecule has 0 aliphatic rings. The van der Waals surface area contributed by atoms with E-state index in [0.717, 1.165) is 27.9 Å². The maximum absolute atomic E-state index is 9.35. The molecule has 0 saturated carbocycles. The van der Waals surface area contributed by atoms with Crippen LogP contribution in [0.1, 0.15) is 24.1 Å². The Labute approximate surface area is 135 Å². The van der Waals surface area contributed by atoms with E-state index in [1.807, 2.05) is 48.5 Å². The van der Waals surface area contributed by atoms with E-state index in [9.17, 15) is 5.26 Å². The van der Waals surface area contributed by atoms with Crippen molar-refractivity contribution in [3.05, 3.63) is 65.9 Å². The zero-order valence-electron chi connectivity index (χ0n) is 13.1. The topological polar surface area (TPSA) is 57.9 Å². The number of benzene rings is 2. The third-order valence-corrected chi connectivity index (χ3v) is 3.88. The zero-order chi connectivity index (χ0) is 16.2. The highest BCUT2D eigenvalue weighted by Gasteiger charge is 2.11. The second-order valence-electron chi connectivity index (χ2n) is 5.31. The summed E-state index contributed by atoms with van der Waals surface area (Å²) in [6.07, 6.45) is 1.76. The van der Waals surface area contributed by atoms with Gasteiger partial charge in [-0.3, -0.25) is 0 Å². The summed E-state index contributed by atoms with van der Waals surface area (Å²) in [5.74, 6) is 1.55. The summed E-state index contributed by atoms with van der Waals surface area (Å²) >= 11 is 0. The SMILES string of the molecule is COc1ccc(C(C)Nc2nccc3cccc(C#N)c23)cc1. The first-order valence-corrected chi connectivity index (χ1v) is 7.41. The molecule has 0 radical (unpaired) electrons. The van der Waals surface area contributed by atoms with Crippen molar-refractivity contribution in [1.29, 1.82) is 5.26 Å². The van der Waals surface area contributed by atoms with Gasteiger partial charge in [0.2, 0.25) is 0 Å². The lowest BCUT2D eigenvalue weighted by molar-refractivity contribution is 0.414. The summed E-state index contributed by atoms with van der Waals surface area (Å²) in [5.41, 5.74) is 1.75. The van der Waals surface area contributed by atoms with E-state index in [1.54, 1.807) is 13.3 Å². The highest BCUT2D eigenvalue weighted by Crippen LogP contribution is 2.28. The Morgan fingerprint density at radius 1 is 1.13 bits per heavy atom. The number of pyridine rings is 1.